The lowest BCUT2D eigenvalue weighted by atomic mass is 10.1. The van der Waals surface area contributed by atoms with Crippen LogP contribution >= 0.6 is 11.6 Å². The molecule has 4 rings (SSSR count). The summed E-state index contributed by atoms with van der Waals surface area (Å²) in [6.45, 7) is 5.60. The van der Waals surface area contributed by atoms with E-state index in [0.717, 1.165) is 37.3 Å². The number of nitrogens with zero attached hydrogens (tertiary/aromatic N) is 3. The molecule has 176 valence electrons. The van der Waals surface area contributed by atoms with Gasteiger partial charge in [0.15, 0.2) is 0 Å². The minimum absolute atomic E-state index is 0.0859. The average Bonchev–Trinajstić information content (AvgIpc) is 2.88. The molecule has 0 spiro atoms. The Bertz CT molecular complexity index is 1120. The van der Waals surface area contributed by atoms with Crippen LogP contribution in [0.3, 0.4) is 0 Å². The van der Waals surface area contributed by atoms with Crippen molar-refractivity contribution in [2.75, 3.05) is 42.9 Å². The highest BCUT2D eigenvalue weighted by Crippen LogP contribution is 2.24. The second-order valence-corrected chi connectivity index (χ2v) is 8.70. The van der Waals surface area contributed by atoms with E-state index in [1.165, 1.54) is 5.69 Å². The quantitative estimate of drug-likeness (QED) is 0.530. The molecule has 1 atom stereocenters. The van der Waals surface area contributed by atoms with Gasteiger partial charge < -0.3 is 15.5 Å². The summed E-state index contributed by atoms with van der Waals surface area (Å²) in [5.41, 5.74) is 3.59. The predicted octanol–water partition coefficient (Wildman–Crippen LogP) is 3.66. The summed E-state index contributed by atoms with van der Waals surface area (Å²) < 4.78 is 0. The first kappa shape index (κ1) is 23.7. The van der Waals surface area contributed by atoms with Crippen molar-refractivity contribution in [2.45, 2.75) is 13.0 Å². The summed E-state index contributed by atoms with van der Waals surface area (Å²) in [6.07, 6.45) is 3.54. The van der Waals surface area contributed by atoms with Gasteiger partial charge in [-0.25, -0.2) is 0 Å². The molecule has 2 aromatic carbocycles. The van der Waals surface area contributed by atoms with Crippen molar-refractivity contribution in [1.82, 2.24) is 15.2 Å². The second-order valence-electron chi connectivity index (χ2n) is 8.29. The number of nitrogens with one attached hydrogen (secondary N) is 2. The number of para-hydroxylation sites is 1. The van der Waals surface area contributed by atoms with Gasteiger partial charge in [-0.3, -0.25) is 19.5 Å². The summed E-state index contributed by atoms with van der Waals surface area (Å²) >= 11 is 6.12. The number of rotatable bonds is 6. The SMILES string of the molecule is Cc1ccc(NC(=O)C(=O)NCC(c2cccnc2)N2CCN(c3ccccc3)CC2)cc1Cl. The van der Waals surface area contributed by atoms with Gasteiger partial charge in [0.1, 0.15) is 0 Å². The fraction of sp³-hybridized carbons (Fsp3) is 0.269. The third-order valence-electron chi connectivity index (χ3n) is 6.04. The van der Waals surface area contributed by atoms with E-state index in [2.05, 4.69) is 37.6 Å². The van der Waals surface area contributed by atoms with Crippen molar-refractivity contribution in [3.63, 3.8) is 0 Å². The molecule has 7 nitrogen and oxygen atoms in total. The predicted molar refractivity (Wildman–Crippen MR) is 135 cm³/mol. The zero-order chi connectivity index (χ0) is 23.9. The zero-order valence-corrected chi connectivity index (χ0v) is 19.8. The van der Waals surface area contributed by atoms with E-state index in [0.29, 0.717) is 17.3 Å². The maximum atomic E-state index is 12.6. The van der Waals surface area contributed by atoms with Gasteiger partial charge in [-0.2, -0.15) is 0 Å². The van der Waals surface area contributed by atoms with Crippen molar-refractivity contribution in [2.24, 2.45) is 0 Å². The van der Waals surface area contributed by atoms with E-state index in [9.17, 15) is 9.59 Å². The molecular formula is C26H28ClN5O2. The van der Waals surface area contributed by atoms with Crippen molar-refractivity contribution >= 4 is 34.8 Å². The van der Waals surface area contributed by atoms with Gasteiger partial charge in [-0.1, -0.05) is 41.9 Å². The highest BCUT2D eigenvalue weighted by Gasteiger charge is 2.26. The molecule has 1 saturated heterocycles. The monoisotopic (exact) mass is 477 g/mol. The highest BCUT2D eigenvalue weighted by molar-refractivity contribution is 6.39. The van der Waals surface area contributed by atoms with Crippen molar-refractivity contribution in [1.29, 1.82) is 0 Å². The third kappa shape index (κ3) is 5.92. The lowest BCUT2D eigenvalue weighted by molar-refractivity contribution is -0.136. The maximum absolute atomic E-state index is 12.6. The number of benzene rings is 2. The Balaban J connectivity index is 1.38. The Morgan fingerprint density at radius 2 is 1.76 bits per heavy atom. The fourth-order valence-corrected chi connectivity index (χ4v) is 4.27. The lowest BCUT2D eigenvalue weighted by Gasteiger charge is -2.40. The Kier molecular flexibility index (Phi) is 7.77. The third-order valence-corrected chi connectivity index (χ3v) is 6.44. The summed E-state index contributed by atoms with van der Waals surface area (Å²) in [5.74, 6) is -1.41. The first-order chi connectivity index (χ1) is 16.5. The number of anilines is 2. The fourth-order valence-electron chi connectivity index (χ4n) is 4.09. The largest absolute Gasteiger partial charge is 0.369 e. The minimum Gasteiger partial charge on any atom is -0.369 e. The van der Waals surface area contributed by atoms with Gasteiger partial charge in [0.05, 0.1) is 6.04 Å². The molecule has 1 aromatic heterocycles. The average molecular weight is 478 g/mol. The van der Waals surface area contributed by atoms with Crippen LogP contribution in [0, 0.1) is 6.92 Å². The molecule has 1 unspecified atom stereocenters. The van der Waals surface area contributed by atoms with E-state index in [-0.39, 0.29) is 6.04 Å². The van der Waals surface area contributed by atoms with Crippen LogP contribution in [0.1, 0.15) is 17.2 Å². The Labute approximate surface area is 204 Å². The number of amides is 2. The molecule has 34 heavy (non-hydrogen) atoms. The van der Waals surface area contributed by atoms with Gasteiger partial charge in [-0.15, -0.1) is 0 Å². The first-order valence-corrected chi connectivity index (χ1v) is 11.7. The van der Waals surface area contributed by atoms with E-state index in [1.807, 2.05) is 43.5 Å². The molecule has 8 heteroatoms. The number of piperazine rings is 1. The Morgan fingerprint density at radius 3 is 2.44 bits per heavy atom. The van der Waals surface area contributed by atoms with Crippen LogP contribution in [0.4, 0.5) is 11.4 Å². The zero-order valence-electron chi connectivity index (χ0n) is 19.1. The molecule has 2 amide bonds. The summed E-state index contributed by atoms with van der Waals surface area (Å²) in [7, 11) is 0. The van der Waals surface area contributed by atoms with Crippen LogP contribution in [0.15, 0.2) is 73.1 Å². The molecule has 2 heterocycles. The van der Waals surface area contributed by atoms with Crippen LogP contribution in [0.25, 0.3) is 0 Å². The number of hydrogen-bond acceptors (Lipinski definition) is 5. The number of aromatic nitrogens is 1. The number of aryl methyl sites for hydroxylation is 1. The van der Waals surface area contributed by atoms with Gasteiger partial charge in [0.2, 0.25) is 0 Å². The minimum atomic E-state index is -0.723. The van der Waals surface area contributed by atoms with E-state index in [4.69, 9.17) is 11.6 Å². The molecular weight excluding hydrogens is 450 g/mol. The molecule has 0 aliphatic carbocycles. The molecule has 1 aliphatic heterocycles. The van der Waals surface area contributed by atoms with E-state index < -0.39 is 11.8 Å². The smallest absolute Gasteiger partial charge is 0.313 e. The number of halogens is 1. The van der Waals surface area contributed by atoms with Crippen LogP contribution in [-0.2, 0) is 9.59 Å². The van der Waals surface area contributed by atoms with Gasteiger partial charge in [-0.05, 0) is 48.4 Å². The number of carbonyl (C=O) groups is 2. The first-order valence-electron chi connectivity index (χ1n) is 11.3. The van der Waals surface area contributed by atoms with E-state index in [1.54, 1.807) is 24.4 Å². The second kappa shape index (κ2) is 11.1. The highest BCUT2D eigenvalue weighted by atomic mass is 35.5. The molecule has 1 aliphatic rings. The van der Waals surface area contributed by atoms with Gasteiger partial charge >= 0.3 is 11.8 Å². The van der Waals surface area contributed by atoms with E-state index >= 15 is 0 Å². The molecule has 3 aromatic rings. The molecule has 0 saturated carbocycles. The molecule has 0 bridgehead atoms. The number of hydrogen-bond donors (Lipinski definition) is 2. The Morgan fingerprint density at radius 1 is 1.00 bits per heavy atom. The summed E-state index contributed by atoms with van der Waals surface area (Å²) in [4.78, 5) is 33.9. The van der Waals surface area contributed by atoms with Crippen LogP contribution in [0.2, 0.25) is 5.02 Å². The summed E-state index contributed by atoms with van der Waals surface area (Å²) in [6, 6.07) is 19.3. The van der Waals surface area contributed by atoms with Crippen LogP contribution in [-0.4, -0.2) is 54.4 Å². The van der Waals surface area contributed by atoms with Crippen molar-refractivity contribution in [3.05, 3.63) is 89.2 Å². The molecule has 0 radical (unpaired) electrons. The van der Waals surface area contributed by atoms with Crippen molar-refractivity contribution in [3.8, 4) is 0 Å². The standard InChI is InChI=1S/C26H28ClN5O2/c1-19-9-10-21(16-23(19)27)30-26(34)25(33)29-18-24(20-6-5-11-28-17-20)32-14-12-31(13-15-32)22-7-3-2-4-8-22/h2-11,16-17,24H,12-15,18H2,1H3,(H,29,33)(H,30,34). The lowest BCUT2D eigenvalue weighted by Crippen LogP contribution is -2.50. The van der Waals surface area contributed by atoms with Crippen molar-refractivity contribution < 1.29 is 9.59 Å². The molecule has 2 N–H and O–H groups in total. The van der Waals surface area contributed by atoms with Crippen LogP contribution in [0.5, 0.6) is 0 Å². The number of carbonyl (C=O) groups excluding carboxylic acids is 2. The summed E-state index contributed by atoms with van der Waals surface area (Å²) in [5, 5.41) is 5.94. The van der Waals surface area contributed by atoms with Crippen LogP contribution < -0.4 is 15.5 Å². The maximum Gasteiger partial charge on any atom is 0.313 e. The normalized spacial score (nSPS) is 14.9. The topological polar surface area (TPSA) is 77.6 Å². The Hall–Kier alpha value is -3.42. The number of pyridine rings is 1. The van der Waals surface area contributed by atoms with Gasteiger partial charge in [0.25, 0.3) is 0 Å². The van der Waals surface area contributed by atoms with Gasteiger partial charge in [0, 0.05) is 61.5 Å². The molecule has 1 fully saturated rings.